The number of aryl methyl sites for hydroxylation is 1. The van der Waals surface area contributed by atoms with Gasteiger partial charge in [-0.25, -0.2) is 22.8 Å². The Morgan fingerprint density at radius 1 is 1.39 bits per heavy atom. The number of nitrogens with two attached hydrogens (primary N) is 1. The predicted octanol–water partition coefficient (Wildman–Crippen LogP) is 2.42. The molecule has 14 heteroatoms. The van der Waals surface area contributed by atoms with Gasteiger partial charge in [-0.05, 0) is 19.4 Å². The highest BCUT2D eigenvalue weighted by Gasteiger charge is 2.37. The summed E-state index contributed by atoms with van der Waals surface area (Å²) in [5, 5.41) is 2.66. The first-order chi connectivity index (χ1) is 14.3. The van der Waals surface area contributed by atoms with E-state index < -0.39 is 45.6 Å². The second-order valence-electron chi connectivity index (χ2n) is 7.07. The number of rotatable bonds is 5. The molecule has 0 aromatic carbocycles. The molecule has 0 saturated carbocycles. The summed E-state index contributed by atoms with van der Waals surface area (Å²) in [6.07, 6.45) is -4.73. The predicted molar refractivity (Wildman–Crippen MR) is 107 cm³/mol. The largest absolute Gasteiger partial charge is 0.420 e. The minimum absolute atomic E-state index is 0.0521. The van der Waals surface area contributed by atoms with Crippen LogP contribution in [-0.4, -0.2) is 60.2 Å². The van der Waals surface area contributed by atoms with Gasteiger partial charge in [0.1, 0.15) is 11.7 Å². The molecule has 0 radical (unpaired) electrons. The first-order valence-corrected chi connectivity index (χ1v) is 11.6. The van der Waals surface area contributed by atoms with Crippen LogP contribution in [0, 0.1) is 6.92 Å². The van der Waals surface area contributed by atoms with Crippen molar-refractivity contribution >= 4 is 33.2 Å². The molecule has 1 amide bonds. The average molecular weight is 481 g/mol. The Balaban J connectivity index is 1.93. The van der Waals surface area contributed by atoms with Crippen LogP contribution in [0.5, 0.6) is 0 Å². The average Bonchev–Trinajstić information content (AvgIpc) is 3.03. The topological polar surface area (TPSA) is 118 Å². The molecular weight excluding hydrogens is 462 g/mol. The first-order valence-electron chi connectivity index (χ1n) is 8.98. The lowest BCUT2D eigenvalue weighted by Gasteiger charge is -2.33. The van der Waals surface area contributed by atoms with Crippen molar-refractivity contribution in [3.05, 3.63) is 28.3 Å². The SMILES string of the molecule is Cc1sc(-c2nc(N[C@H]3CCN(S(C)(=O)=O)C[C@H]3F)ncc2C(F)(F)F)cc1C(N)=O. The molecular formula is C17H19F4N5O3S2. The molecule has 0 aliphatic carbocycles. The zero-order valence-corrected chi connectivity index (χ0v) is 18.0. The van der Waals surface area contributed by atoms with Crippen LogP contribution in [0.25, 0.3) is 10.6 Å². The van der Waals surface area contributed by atoms with Crippen molar-refractivity contribution in [2.24, 2.45) is 5.73 Å². The van der Waals surface area contributed by atoms with Gasteiger partial charge in [0.25, 0.3) is 0 Å². The summed E-state index contributed by atoms with van der Waals surface area (Å²) in [4.78, 5) is 19.6. The van der Waals surface area contributed by atoms with Crippen LogP contribution >= 0.6 is 11.3 Å². The van der Waals surface area contributed by atoms with E-state index in [1.54, 1.807) is 6.92 Å². The molecule has 0 bridgehead atoms. The fourth-order valence-electron chi connectivity index (χ4n) is 3.20. The number of thiophene rings is 1. The summed E-state index contributed by atoms with van der Waals surface area (Å²) in [7, 11) is -3.56. The van der Waals surface area contributed by atoms with E-state index in [0.29, 0.717) is 11.1 Å². The number of aromatic nitrogens is 2. The molecule has 1 aliphatic rings. The Hall–Kier alpha value is -2.32. The standard InChI is InChI=1S/C17H19F4N5O3S2/c1-8-9(15(22)27)5-13(30-8)14-10(17(19,20)21)6-23-16(25-14)24-12-3-4-26(7-11(12)18)31(2,28)29/h5-6,11-12H,3-4,7H2,1-2H3,(H2,22,27)(H,23,24,25)/t11-,12+/m1/s1. The van der Waals surface area contributed by atoms with Gasteiger partial charge in [-0.2, -0.15) is 17.5 Å². The van der Waals surface area contributed by atoms with Crippen LogP contribution in [0.1, 0.15) is 27.2 Å². The van der Waals surface area contributed by atoms with Crippen molar-refractivity contribution < 1.29 is 30.8 Å². The molecule has 3 heterocycles. The minimum atomic E-state index is -4.76. The number of nitrogens with one attached hydrogen (secondary N) is 1. The number of carbonyl (C=O) groups excluding carboxylic acids is 1. The quantitative estimate of drug-likeness (QED) is 0.634. The summed E-state index contributed by atoms with van der Waals surface area (Å²) >= 11 is 0.918. The minimum Gasteiger partial charge on any atom is -0.366 e. The fraction of sp³-hybridized carbons (Fsp3) is 0.471. The second kappa shape index (κ2) is 8.31. The third kappa shape index (κ3) is 5.13. The van der Waals surface area contributed by atoms with Gasteiger partial charge in [0.2, 0.25) is 21.9 Å². The van der Waals surface area contributed by atoms with Crippen molar-refractivity contribution in [3.63, 3.8) is 0 Å². The van der Waals surface area contributed by atoms with Crippen LogP contribution in [0.15, 0.2) is 12.3 Å². The smallest absolute Gasteiger partial charge is 0.366 e. The van der Waals surface area contributed by atoms with Crippen LogP contribution < -0.4 is 11.1 Å². The van der Waals surface area contributed by atoms with Gasteiger partial charge in [-0.3, -0.25) is 4.79 Å². The molecule has 2 atom stereocenters. The van der Waals surface area contributed by atoms with Crippen LogP contribution in [-0.2, 0) is 16.2 Å². The number of hydrogen-bond donors (Lipinski definition) is 2. The van der Waals surface area contributed by atoms with E-state index in [2.05, 4.69) is 15.3 Å². The Morgan fingerprint density at radius 2 is 2.06 bits per heavy atom. The summed E-state index contributed by atoms with van der Waals surface area (Å²) in [5.74, 6) is -1.02. The maximum absolute atomic E-state index is 14.5. The first kappa shape index (κ1) is 23.3. The van der Waals surface area contributed by atoms with E-state index in [-0.39, 0.29) is 35.9 Å². The van der Waals surface area contributed by atoms with Crippen molar-refractivity contribution in [2.45, 2.75) is 31.7 Å². The third-order valence-corrected chi connectivity index (χ3v) is 7.13. The van der Waals surface area contributed by atoms with E-state index >= 15 is 0 Å². The zero-order chi connectivity index (χ0) is 23.1. The van der Waals surface area contributed by atoms with Gasteiger partial charge in [-0.1, -0.05) is 0 Å². The summed E-state index contributed by atoms with van der Waals surface area (Å²) in [6.45, 7) is 1.22. The molecule has 3 rings (SSSR count). The van der Waals surface area contributed by atoms with Gasteiger partial charge in [0.05, 0.1) is 28.4 Å². The lowest BCUT2D eigenvalue weighted by molar-refractivity contribution is -0.137. The zero-order valence-electron chi connectivity index (χ0n) is 16.4. The van der Waals surface area contributed by atoms with Gasteiger partial charge in [0, 0.05) is 24.2 Å². The maximum Gasteiger partial charge on any atom is 0.420 e. The highest BCUT2D eigenvalue weighted by Crippen LogP contribution is 2.39. The second-order valence-corrected chi connectivity index (χ2v) is 10.3. The lowest BCUT2D eigenvalue weighted by atomic mass is 10.1. The summed E-state index contributed by atoms with van der Waals surface area (Å²) < 4.78 is 79.2. The number of anilines is 1. The maximum atomic E-state index is 14.5. The van der Waals surface area contributed by atoms with Crippen molar-refractivity contribution in [1.82, 2.24) is 14.3 Å². The molecule has 0 unspecified atom stereocenters. The number of nitrogens with zero attached hydrogens (tertiary/aromatic N) is 3. The normalized spacial score (nSPS) is 20.6. The molecule has 31 heavy (non-hydrogen) atoms. The van der Waals surface area contributed by atoms with E-state index in [0.717, 1.165) is 21.9 Å². The van der Waals surface area contributed by atoms with Crippen molar-refractivity contribution in [3.8, 4) is 10.6 Å². The van der Waals surface area contributed by atoms with Gasteiger partial charge in [0.15, 0.2) is 0 Å². The number of halogens is 4. The molecule has 1 saturated heterocycles. The lowest BCUT2D eigenvalue weighted by Crippen LogP contribution is -2.49. The van der Waals surface area contributed by atoms with Gasteiger partial charge < -0.3 is 11.1 Å². The molecule has 3 N–H and O–H groups in total. The third-order valence-electron chi connectivity index (χ3n) is 4.80. The Kier molecular flexibility index (Phi) is 6.26. The molecule has 1 aliphatic heterocycles. The van der Waals surface area contributed by atoms with Crippen molar-refractivity contribution in [2.75, 3.05) is 24.7 Å². The number of piperidine rings is 1. The number of hydrogen-bond acceptors (Lipinski definition) is 7. The monoisotopic (exact) mass is 481 g/mol. The van der Waals surface area contributed by atoms with E-state index in [9.17, 15) is 30.8 Å². The molecule has 1 fully saturated rings. The fourth-order valence-corrected chi connectivity index (χ4v) is 5.08. The highest BCUT2D eigenvalue weighted by atomic mass is 32.2. The Morgan fingerprint density at radius 3 is 2.58 bits per heavy atom. The van der Waals surface area contributed by atoms with Gasteiger partial charge >= 0.3 is 6.18 Å². The van der Waals surface area contributed by atoms with Crippen LogP contribution in [0.2, 0.25) is 0 Å². The van der Waals surface area contributed by atoms with E-state index in [4.69, 9.17) is 5.73 Å². The number of alkyl halides is 4. The Labute approximate surface area is 179 Å². The Bertz CT molecular complexity index is 1100. The van der Waals surface area contributed by atoms with Crippen LogP contribution in [0.3, 0.4) is 0 Å². The molecule has 2 aromatic heterocycles. The van der Waals surface area contributed by atoms with Gasteiger partial charge in [-0.15, -0.1) is 11.3 Å². The van der Waals surface area contributed by atoms with E-state index in [1.807, 2.05) is 0 Å². The molecule has 0 spiro atoms. The summed E-state index contributed by atoms with van der Waals surface area (Å²) in [5.41, 5.74) is 3.76. The molecule has 8 nitrogen and oxygen atoms in total. The highest BCUT2D eigenvalue weighted by molar-refractivity contribution is 7.88. The number of carbonyl (C=O) groups is 1. The van der Waals surface area contributed by atoms with Crippen LogP contribution in [0.4, 0.5) is 23.5 Å². The number of primary amides is 1. The molecule has 2 aromatic rings. The number of amides is 1. The van der Waals surface area contributed by atoms with Crippen molar-refractivity contribution in [1.29, 1.82) is 0 Å². The number of sulfonamides is 1. The molecule has 170 valence electrons. The summed E-state index contributed by atoms with van der Waals surface area (Å²) in [6, 6.07) is 0.348. The van der Waals surface area contributed by atoms with E-state index in [1.165, 1.54) is 6.07 Å².